The molecule has 1 aliphatic carbocycles. The highest BCUT2D eigenvalue weighted by atomic mass is 19.4. The number of urea groups is 1. The summed E-state index contributed by atoms with van der Waals surface area (Å²) in [5, 5.41) is 5.17. The van der Waals surface area contributed by atoms with Crippen LogP contribution in [-0.4, -0.2) is 38.5 Å². The minimum Gasteiger partial charge on any atom is -0.370 e. The van der Waals surface area contributed by atoms with E-state index in [0.717, 1.165) is 18.8 Å². The Bertz CT molecular complexity index is 292. The van der Waals surface area contributed by atoms with Gasteiger partial charge in [0.1, 0.15) is 6.61 Å². The van der Waals surface area contributed by atoms with Crippen LogP contribution in [0, 0.1) is 5.92 Å². The molecule has 1 fully saturated rings. The fraction of sp³-hybridized carbons (Fsp3) is 0.929. The Morgan fingerprint density at radius 1 is 1.10 bits per heavy atom. The molecule has 0 spiro atoms. The average molecular weight is 310 g/mol. The molecule has 2 amide bonds. The molecule has 0 heterocycles. The lowest BCUT2D eigenvalue weighted by Crippen LogP contribution is -2.38. The van der Waals surface area contributed by atoms with E-state index in [9.17, 15) is 18.0 Å². The summed E-state index contributed by atoms with van der Waals surface area (Å²) in [4.78, 5) is 11.4. The van der Waals surface area contributed by atoms with Crippen LogP contribution in [0.25, 0.3) is 0 Å². The maximum absolute atomic E-state index is 11.8. The Morgan fingerprint density at radius 3 is 2.43 bits per heavy atom. The van der Waals surface area contributed by atoms with E-state index < -0.39 is 12.8 Å². The van der Waals surface area contributed by atoms with Crippen LogP contribution in [0.2, 0.25) is 0 Å². The van der Waals surface area contributed by atoms with Crippen molar-refractivity contribution in [1.29, 1.82) is 0 Å². The lowest BCUT2D eigenvalue weighted by molar-refractivity contribution is -0.173. The van der Waals surface area contributed by atoms with Gasteiger partial charge in [-0.15, -0.1) is 0 Å². The molecule has 4 nitrogen and oxygen atoms in total. The van der Waals surface area contributed by atoms with Crippen LogP contribution >= 0.6 is 0 Å². The lowest BCUT2D eigenvalue weighted by atomic mass is 9.86. The van der Waals surface area contributed by atoms with Gasteiger partial charge in [-0.3, -0.25) is 0 Å². The van der Waals surface area contributed by atoms with Gasteiger partial charge in [0.2, 0.25) is 0 Å². The zero-order valence-electron chi connectivity index (χ0n) is 12.3. The third-order valence-electron chi connectivity index (χ3n) is 3.60. The number of ether oxygens (including phenoxy) is 1. The molecule has 2 N–H and O–H groups in total. The molecule has 1 rings (SSSR count). The number of hydrogen-bond acceptors (Lipinski definition) is 2. The monoisotopic (exact) mass is 310 g/mol. The van der Waals surface area contributed by atoms with Crippen molar-refractivity contribution in [3.05, 3.63) is 0 Å². The van der Waals surface area contributed by atoms with Crippen molar-refractivity contribution in [2.24, 2.45) is 5.92 Å². The van der Waals surface area contributed by atoms with E-state index in [-0.39, 0.29) is 19.2 Å². The van der Waals surface area contributed by atoms with Gasteiger partial charge in [0.25, 0.3) is 0 Å². The van der Waals surface area contributed by atoms with Crippen LogP contribution in [0.5, 0.6) is 0 Å². The fourth-order valence-electron chi connectivity index (χ4n) is 2.56. The first-order valence-corrected chi connectivity index (χ1v) is 7.63. The van der Waals surface area contributed by atoms with Gasteiger partial charge in [0.15, 0.2) is 0 Å². The van der Waals surface area contributed by atoms with Crippen molar-refractivity contribution in [2.75, 3.05) is 26.3 Å². The Kier molecular flexibility index (Phi) is 8.49. The summed E-state index contributed by atoms with van der Waals surface area (Å²) in [5.41, 5.74) is 0. The Balaban J connectivity index is 1.89. The van der Waals surface area contributed by atoms with Gasteiger partial charge in [0, 0.05) is 13.1 Å². The molecule has 0 unspecified atom stereocenters. The molecule has 1 aliphatic rings. The molecule has 0 aliphatic heterocycles. The molecular weight excluding hydrogens is 285 g/mol. The fourth-order valence-corrected chi connectivity index (χ4v) is 2.56. The number of carbonyl (C=O) groups is 1. The van der Waals surface area contributed by atoms with Gasteiger partial charge in [-0.1, -0.05) is 32.1 Å². The highest BCUT2D eigenvalue weighted by Gasteiger charge is 2.27. The Labute approximate surface area is 123 Å². The predicted octanol–water partition coefficient (Wildman–Crippen LogP) is 3.23. The largest absolute Gasteiger partial charge is 0.411 e. The summed E-state index contributed by atoms with van der Waals surface area (Å²) in [6, 6.07) is -0.353. The molecule has 0 aromatic heterocycles. The number of rotatable bonds is 8. The van der Waals surface area contributed by atoms with Crippen LogP contribution in [0.15, 0.2) is 0 Å². The number of hydrogen-bond donors (Lipinski definition) is 2. The molecule has 7 heteroatoms. The maximum Gasteiger partial charge on any atom is 0.411 e. The van der Waals surface area contributed by atoms with E-state index in [1.54, 1.807) is 0 Å². The SMILES string of the molecule is O=C(NCCCC1CCCCC1)NCCOCC(F)(F)F. The van der Waals surface area contributed by atoms with Gasteiger partial charge in [-0.05, 0) is 18.8 Å². The smallest absolute Gasteiger partial charge is 0.370 e. The first-order chi connectivity index (χ1) is 9.97. The van der Waals surface area contributed by atoms with Crippen LogP contribution in [-0.2, 0) is 4.74 Å². The molecule has 0 atom stereocenters. The Morgan fingerprint density at radius 2 is 1.76 bits per heavy atom. The van der Waals surface area contributed by atoms with Crippen molar-refractivity contribution in [1.82, 2.24) is 10.6 Å². The van der Waals surface area contributed by atoms with Gasteiger partial charge < -0.3 is 15.4 Å². The van der Waals surface area contributed by atoms with Crippen LogP contribution in [0.4, 0.5) is 18.0 Å². The highest BCUT2D eigenvalue weighted by Crippen LogP contribution is 2.26. The molecule has 124 valence electrons. The summed E-state index contributed by atoms with van der Waals surface area (Å²) in [5.74, 6) is 0.791. The zero-order valence-corrected chi connectivity index (χ0v) is 12.3. The molecule has 0 saturated heterocycles. The molecule has 0 radical (unpaired) electrons. The molecule has 0 aromatic carbocycles. The summed E-state index contributed by atoms with van der Waals surface area (Å²) in [7, 11) is 0. The summed E-state index contributed by atoms with van der Waals surface area (Å²) in [6.07, 6.45) is 4.32. The second-order valence-corrected chi connectivity index (χ2v) is 5.50. The minimum absolute atomic E-state index is 0.0739. The summed E-state index contributed by atoms with van der Waals surface area (Å²) >= 11 is 0. The average Bonchev–Trinajstić information content (AvgIpc) is 2.43. The van der Waals surface area contributed by atoms with Crippen molar-refractivity contribution in [2.45, 2.75) is 51.1 Å². The minimum atomic E-state index is -4.32. The van der Waals surface area contributed by atoms with E-state index in [4.69, 9.17) is 0 Å². The molecular formula is C14H25F3N2O2. The molecule has 0 aromatic rings. The van der Waals surface area contributed by atoms with Crippen molar-refractivity contribution in [3.63, 3.8) is 0 Å². The zero-order chi connectivity index (χ0) is 15.6. The first kappa shape index (κ1) is 18.1. The van der Waals surface area contributed by atoms with E-state index in [1.807, 2.05) is 0 Å². The van der Waals surface area contributed by atoms with Gasteiger partial charge in [-0.2, -0.15) is 13.2 Å². The number of nitrogens with one attached hydrogen (secondary N) is 2. The van der Waals surface area contributed by atoms with Crippen molar-refractivity contribution >= 4 is 6.03 Å². The highest BCUT2D eigenvalue weighted by molar-refractivity contribution is 5.73. The van der Waals surface area contributed by atoms with Gasteiger partial charge in [-0.25, -0.2) is 4.79 Å². The first-order valence-electron chi connectivity index (χ1n) is 7.63. The standard InChI is InChI=1S/C14H25F3N2O2/c15-14(16,17)11-21-10-9-19-13(20)18-8-4-7-12-5-2-1-3-6-12/h12H,1-11H2,(H2,18,19,20). The van der Waals surface area contributed by atoms with Gasteiger partial charge in [0.05, 0.1) is 6.61 Å². The van der Waals surface area contributed by atoms with Crippen molar-refractivity contribution < 1.29 is 22.7 Å². The van der Waals surface area contributed by atoms with Crippen LogP contribution in [0.3, 0.4) is 0 Å². The normalized spacial score (nSPS) is 16.7. The third kappa shape index (κ3) is 10.4. The van der Waals surface area contributed by atoms with Crippen LogP contribution in [0.1, 0.15) is 44.9 Å². The summed E-state index contributed by atoms with van der Waals surface area (Å²) in [6.45, 7) is -0.747. The van der Waals surface area contributed by atoms with Crippen LogP contribution < -0.4 is 10.6 Å². The summed E-state index contributed by atoms with van der Waals surface area (Å²) < 4.78 is 39.7. The molecule has 0 bridgehead atoms. The van der Waals surface area contributed by atoms with Gasteiger partial charge >= 0.3 is 12.2 Å². The maximum atomic E-state index is 11.8. The predicted molar refractivity (Wildman–Crippen MR) is 74.1 cm³/mol. The number of halogens is 3. The lowest BCUT2D eigenvalue weighted by Gasteiger charge is -2.21. The third-order valence-corrected chi connectivity index (χ3v) is 3.60. The van der Waals surface area contributed by atoms with Crippen molar-refractivity contribution in [3.8, 4) is 0 Å². The second-order valence-electron chi connectivity index (χ2n) is 5.50. The topological polar surface area (TPSA) is 50.4 Å². The number of carbonyl (C=O) groups excluding carboxylic acids is 1. The Hall–Kier alpha value is -0.980. The molecule has 1 saturated carbocycles. The van der Waals surface area contributed by atoms with E-state index >= 15 is 0 Å². The van der Waals surface area contributed by atoms with E-state index in [0.29, 0.717) is 6.54 Å². The second kappa shape index (κ2) is 9.87. The number of alkyl halides is 3. The van der Waals surface area contributed by atoms with E-state index in [1.165, 1.54) is 32.1 Å². The van der Waals surface area contributed by atoms with E-state index in [2.05, 4.69) is 15.4 Å². The quantitative estimate of drug-likeness (QED) is 0.676. The number of amides is 2. The molecule has 21 heavy (non-hydrogen) atoms.